The highest BCUT2D eigenvalue weighted by Gasteiger charge is 2.19. The second-order valence-electron chi connectivity index (χ2n) is 11.5. The molecule has 0 saturated heterocycles. The normalized spacial score (nSPS) is 14.8. The van der Waals surface area contributed by atoms with E-state index in [-0.39, 0.29) is 51.0 Å². The highest BCUT2D eigenvalue weighted by Crippen LogP contribution is 2.40. The number of fused-ring (bicyclic) bond motifs is 7. The lowest BCUT2D eigenvalue weighted by Gasteiger charge is -2.14. The molecule has 0 atom stereocenters. The van der Waals surface area contributed by atoms with Gasteiger partial charge in [-0.15, -0.1) is 0 Å². The van der Waals surface area contributed by atoms with Gasteiger partial charge in [0.05, 0.1) is 15.1 Å². The summed E-state index contributed by atoms with van der Waals surface area (Å²) < 4.78 is 104. The molecule has 10 rings (SSSR count). The van der Waals surface area contributed by atoms with E-state index in [1.165, 1.54) is 0 Å². The quantitative estimate of drug-likeness (QED) is 0.180. The summed E-state index contributed by atoms with van der Waals surface area (Å²) in [6.07, 6.45) is 0. The molecule has 0 amide bonds. The Hall–Kier alpha value is -6.65. The van der Waals surface area contributed by atoms with Crippen LogP contribution in [-0.4, -0.2) is 15.0 Å². The van der Waals surface area contributed by atoms with Crippen molar-refractivity contribution in [3.63, 3.8) is 0 Å². The molecule has 0 spiro atoms. The van der Waals surface area contributed by atoms with Crippen LogP contribution in [0.15, 0.2) is 168 Å². The number of aromatic nitrogens is 3. The summed E-state index contributed by atoms with van der Waals surface area (Å²) in [4.78, 5) is 14.2. The van der Waals surface area contributed by atoms with Crippen molar-refractivity contribution in [2.24, 2.45) is 0 Å². The molecule has 2 aromatic heterocycles. The van der Waals surface area contributed by atoms with Crippen molar-refractivity contribution in [1.82, 2.24) is 15.0 Å². The van der Waals surface area contributed by atoms with Crippen LogP contribution < -0.4 is 0 Å². The van der Waals surface area contributed by atoms with Gasteiger partial charge < -0.3 is 4.42 Å². The standard InChI is InChI=1S/C45H27N3O/c1-2-13-29(14-3-1)43-46-44(48-45(47-43)39-23-11-25-41-42(39)38-16-6-7-24-40(38)49-41)37-22-10-20-33-32(18-9-21-35(33)37)34-19-8-17-31-30-15-5-4-12-28(30)26-27-36(31)34/h1-27H/i1D,2D,3D,9D,10D,13D,14D,18D,20D,21D,22D. The van der Waals surface area contributed by atoms with Crippen molar-refractivity contribution in [3.05, 3.63) is 164 Å². The van der Waals surface area contributed by atoms with Crippen LogP contribution in [0.5, 0.6) is 0 Å². The van der Waals surface area contributed by atoms with Gasteiger partial charge in [-0.25, -0.2) is 15.0 Å². The van der Waals surface area contributed by atoms with Gasteiger partial charge in [0.15, 0.2) is 17.5 Å². The van der Waals surface area contributed by atoms with Crippen molar-refractivity contribution in [2.45, 2.75) is 0 Å². The SMILES string of the molecule is [2H]c1c([2H])c([2H])c(-c2nc(-c3c([2H])c([2H])c([2H])c4c(-c5cccc6c5ccc5ccccc56)c([2H])c([2H])c([2H])c34)nc(-c3cccc4oc5ccccc5c34)n2)c([2H])c1[2H]. The molecule has 228 valence electrons. The highest BCUT2D eigenvalue weighted by atomic mass is 16.3. The van der Waals surface area contributed by atoms with Gasteiger partial charge in [0.2, 0.25) is 0 Å². The van der Waals surface area contributed by atoms with E-state index in [1.54, 1.807) is 30.3 Å². The van der Waals surface area contributed by atoms with Crippen molar-refractivity contribution < 1.29 is 19.5 Å². The summed E-state index contributed by atoms with van der Waals surface area (Å²) in [6, 6.07) is 23.7. The average Bonchev–Trinajstić information content (AvgIpc) is 3.65. The number of furan rings is 1. The van der Waals surface area contributed by atoms with E-state index in [0.29, 0.717) is 33.1 Å². The summed E-state index contributed by atoms with van der Waals surface area (Å²) in [5.74, 6) is -0.693. The maximum atomic E-state index is 9.35. The van der Waals surface area contributed by atoms with Gasteiger partial charge in [0.25, 0.3) is 0 Å². The van der Waals surface area contributed by atoms with Crippen molar-refractivity contribution in [1.29, 1.82) is 0 Å². The van der Waals surface area contributed by atoms with Crippen molar-refractivity contribution in [2.75, 3.05) is 0 Å². The lowest BCUT2D eigenvalue weighted by Crippen LogP contribution is -2.01. The molecule has 0 aliphatic heterocycles. The molecule has 0 saturated carbocycles. The molecule has 10 aromatic rings. The Morgan fingerprint density at radius 2 is 1.04 bits per heavy atom. The molecule has 0 N–H and O–H groups in total. The van der Waals surface area contributed by atoms with Crippen molar-refractivity contribution in [3.8, 4) is 45.3 Å². The minimum Gasteiger partial charge on any atom is -0.456 e. The zero-order valence-corrected chi connectivity index (χ0v) is 25.5. The van der Waals surface area contributed by atoms with Crippen LogP contribution >= 0.6 is 0 Å². The molecule has 0 unspecified atom stereocenters. The Bertz CT molecular complexity index is 3500. The van der Waals surface area contributed by atoms with E-state index in [0.717, 1.165) is 21.5 Å². The van der Waals surface area contributed by atoms with E-state index in [4.69, 9.17) is 24.0 Å². The lowest BCUT2D eigenvalue weighted by molar-refractivity contribution is 0.669. The van der Waals surface area contributed by atoms with E-state index in [9.17, 15) is 5.48 Å². The predicted octanol–water partition coefficient (Wildman–Crippen LogP) is 11.9. The summed E-state index contributed by atoms with van der Waals surface area (Å²) >= 11 is 0. The average molecular weight is 637 g/mol. The number of hydrogen-bond donors (Lipinski definition) is 0. The molecule has 8 aromatic carbocycles. The Labute approximate surface area is 297 Å². The van der Waals surface area contributed by atoms with Gasteiger partial charge in [-0.3, -0.25) is 0 Å². The lowest BCUT2D eigenvalue weighted by atomic mass is 9.91. The number of nitrogens with zero attached hydrogens (tertiary/aromatic N) is 3. The van der Waals surface area contributed by atoms with Crippen LogP contribution in [0.25, 0.3) is 99.5 Å². The molecular formula is C45H27N3O. The van der Waals surface area contributed by atoms with Crippen LogP contribution in [-0.2, 0) is 0 Å². The van der Waals surface area contributed by atoms with Crippen LogP contribution in [0.2, 0.25) is 0 Å². The van der Waals surface area contributed by atoms with E-state index in [1.807, 2.05) is 66.7 Å². The van der Waals surface area contributed by atoms with Gasteiger partial charge in [0, 0.05) is 27.5 Å². The smallest absolute Gasteiger partial charge is 0.164 e. The number of benzene rings is 8. The largest absolute Gasteiger partial charge is 0.456 e. The van der Waals surface area contributed by atoms with Gasteiger partial charge in [-0.2, -0.15) is 0 Å². The number of para-hydroxylation sites is 1. The molecule has 4 nitrogen and oxygen atoms in total. The zero-order chi connectivity index (χ0) is 41.9. The minimum absolute atomic E-state index is 0.0353. The zero-order valence-electron chi connectivity index (χ0n) is 36.5. The third-order valence-electron chi connectivity index (χ3n) is 8.78. The Balaban J connectivity index is 1.36. The van der Waals surface area contributed by atoms with Gasteiger partial charge in [-0.1, -0.05) is 151 Å². The number of rotatable bonds is 4. The Morgan fingerprint density at radius 1 is 0.388 bits per heavy atom. The van der Waals surface area contributed by atoms with E-state index >= 15 is 0 Å². The van der Waals surface area contributed by atoms with Gasteiger partial charge in [-0.05, 0) is 55.6 Å². The fraction of sp³-hybridized carbons (Fsp3) is 0. The van der Waals surface area contributed by atoms with Gasteiger partial charge in [0.1, 0.15) is 11.2 Å². The number of hydrogen-bond acceptors (Lipinski definition) is 4. The summed E-state index contributed by atoms with van der Waals surface area (Å²) in [6.45, 7) is 0. The second kappa shape index (κ2) is 11.0. The molecule has 0 radical (unpaired) electrons. The molecule has 0 bridgehead atoms. The predicted molar refractivity (Wildman–Crippen MR) is 201 cm³/mol. The van der Waals surface area contributed by atoms with Crippen LogP contribution in [0, 0.1) is 0 Å². The molecule has 0 aliphatic carbocycles. The monoisotopic (exact) mass is 636 g/mol. The minimum atomic E-state index is -0.626. The van der Waals surface area contributed by atoms with Crippen LogP contribution in [0.3, 0.4) is 0 Å². The molecule has 2 heterocycles. The first kappa shape index (κ1) is 18.6. The van der Waals surface area contributed by atoms with E-state index in [2.05, 4.69) is 4.98 Å². The van der Waals surface area contributed by atoms with Crippen molar-refractivity contribution >= 4 is 54.3 Å². The highest BCUT2D eigenvalue weighted by molar-refractivity contribution is 6.15. The fourth-order valence-corrected chi connectivity index (χ4v) is 6.61. The molecule has 49 heavy (non-hydrogen) atoms. The van der Waals surface area contributed by atoms with Gasteiger partial charge >= 0.3 is 0 Å². The molecule has 4 heteroatoms. The summed E-state index contributed by atoms with van der Waals surface area (Å²) in [5, 5.41) is 4.63. The first-order valence-corrected chi connectivity index (χ1v) is 15.6. The first-order valence-electron chi connectivity index (χ1n) is 21.1. The third-order valence-corrected chi connectivity index (χ3v) is 8.78. The first-order chi connectivity index (χ1) is 28.9. The third kappa shape index (κ3) is 4.42. The second-order valence-corrected chi connectivity index (χ2v) is 11.5. The molecule has 0 fully saturated rings. The molecular weight excluding hydrogens is 599 g/mol. The Kier molecular flexibility index (Phi) is 4.17. The van der Waals surface area contributed by atoms with E-state index < -0.39 is 60.4 Å². The maximum absolute atomic E-state index is 9.35. The summed E-state index contributed by atoms with van der Waals surface area (Å²) in [5.41, 5.74) is 1.50. The Morgan fingerprint density at radius 3 is 1.92 bits per heavy atom. The molecule has 0 aliphatic rings. The summed E-state index contributed by atoms with van der Waals surface area (Å²) in [7, 11) is 0. The van der Waals surface area contributed by atoms with Crippen LogP contribution in [0.1, 0.15) is 15.1 Å². The maximum Gasteiger partial charge on any atom is 0.164 e. The fourth-order valence-electron chi connectivity index (χ4n) is 6.61. The van der Waals surface area contributed by atoms with Crippen LogP contribution in [0.4, 0.5) is 0 Å². The topological polar surface area (TPSA) is 51.8 Å².